The Morgan fingerprint density at radius 3 is 2.95 bits per heavy atom. The predicted molar refractivity (Wildman–Crippen MR) is 80.7 cm³/mol. The number of carbonyl (C=O) groups excluding carboxylic acids is 1. The van der Waals surface area contributed by atoms with E-state index in [-0.39, 0.29) is 5.91 Å². The van der Waals surface area contributed by atoms with Gasteiger partial charge in [-0.25, -0.2) is 9.67 Å². The third-order valence-corrected chi connectivity index (χ3v) is 3.29. The number of aromatic nitrogens is 3. The SMILES string of the molecule is CCCC(C)(N)C(=O)NCc1ccnc(-n2cccn2)c1. The van der Waals surface area contributed by atoms with Crippen LogP contribution in [0.2, 0.25) is 0 Å². The van der Waals surface area contributed by atoms with Crippen LogP contribution in [0.15, 0.2) is 36.8 Å². The summed E-state index contributed by atoms with van der Waals surface area (Å²) in [5, 5.41) is 7.01. The molecule has 21 heavy (non-hydrogen) atoms. The van der Waals surface area contributed by atoms with E-state index in [1.807, 2.05) is 31.3 Å². The molecule has 2 aromatic rings. The molecule has 2 rings (SSSR count). The first-order chi connectivity index (χ1) is 10.0. The maximum absolute atomic E-state index is 12.1. The van der Waals surface area contributed by atoms with E-state index in [9.17, 15) is 4.79 Å². The Balaban J connectivity index is 2.01. The molecule has 112 valence electrons. The highest BCUT2D eigenvalue weighted by Gasteiger charge is 2.26. The van der Waals surface area contributed by atoms with E-state index in [1.54, 1.807) is 24.0 Å². The molecule has 2 heterocycles. The van der Waals surface area contributed by atoms with E-state index < -0.39 is 5.54 Å². The van der Waals surface area contributed by atoms with E-state index in [2.05, 4.69) is 15.4 Å². The smallest absolute Gasteiger partial charge is 0.240 e. The van der Waals surface area contributed by atoms with Crippen LogP contribution in [0.1, 0.15) is 32.3 Å². The molecule has 0 saturated carbocycles. The zero-order chi connectivity index (χ0) is 15.3. The average molecular weight is 287 g/mol. The van der Waals surface area contributed by atoms with Crippen molar-refractivity contribution < 1.29 is 4.79 Å². The van der Waals surface area contributed by atoms with Gasteiger partial charge in [0.1, 0.15) is 0 Å². The molecule has 0 bridgehead atoms. The molecular weight excluding hydrogens is 266 g/mol. The summed E-state index contributed by atoms with van der Waals surface area (Å²) in [5.41, 5.74) is 6.13. The Kier molecular flexibility index (Phi) is 4.70. The zero-order valence-electron chi connectivity index (χ0n) is 12.4. The lowest BCUT2D eigenvalue weighted by molar-refractivity contribution is -0.126. The molecule has 3 N–H and O–H groups in total. The Hall–Kier alpha value is -2.21. The fourth-order valence-corrected chi connectivity index (χ4v) is 2.12. The molecule has 1 atom stereocenters. The lowest BCUT2D eigenvalue weighted by Gasteiger charge is -2.22. The van der Waals surface area contributed by atoms with Crippen LogP contribution in [0.5, 0.6) is 0 Å². The molecule has 2 aromatic heterocycles. The van der Waals surface area contributed by atoms with Crippen LogP contribution in [-0.4, -0.2) is 26.2 Å². The lowest BCUT2D eigenvalue weighted by atomic mass is 9.96. The van der Waals surface area contributed by atoms with Crippen molar-refractivity contribution >= 4 is 5.91 Å². The number of carbonyl (C=O) groups is 1. The molecule has 0 radical (unpaired) electrons. The van der Waals surface area contributed by atoms with Crippen LogP contribution in [0.25, 0.3) is 5.82 Å². The summed E-state index contributed by atoms with van der Waals surface area (Å²) in [7, 11) is 0. The second-order valence-electron chi connectivity index (χ2n) is 5.32. The number of rotatable bonds is 6. The first-order valence-electron chi connectivity index (χ1n) is 7.05. The standard InChI is InChI=1S/C15H21N5O/c1-3-6-15(2,16)14(21)18-11-12-5-8-17-13(10-12)20-9-4-7-19-20/h4-5,7-10H,3,6,11,16H2,1-2H3,(H,18,21). The van der Waals surface area contributed by atoms with E-state index >= 15 is 0 Å². The van der Waals surface area contributed by atoms with Gasteiger partial charge in [-0.15, -0.1) is 0 Å². The van der Waals surface area contributed by atoms with Crippen molar-refractivity contribution in [2.45, 2.75) is 38.8 Å². The van der Waals surface area contributed by atoms with Gasteiger partial charge in [0.05, 0.1) is 5.54 Å². The van der Waals surface area contributed by atoms with Gasteiger partial charge in [-0.3, -0.25) is 4.79 Å². The second kappa shape index (κ2) is 6.49. The maximum Gasteiger partial charge on any atom is 0.240 e. The van der Waals surface area contributed by atoms with Gasteiger partial charge >= 0.3 is 0 Å². The van der Waals surface area contributed by atoms with Crippen LogP contribution in [0.4, 0.5) is 0 Å². The summed E-state index contributed by atoms with van der Waals surface area (Å²) in [6.07, 6.45) is 6.75. The first kappa shape index (κ1) is 15.2. The summed E-state index contributed by atoms with van der Waals surface area (Å²) in [6, 6.07) is 5.59. The molecule has 6 heteroatoms. The summed E-state index contributed by atoms with van der Waals surface area (Å²) in [4.78, 5) is 16.3. The molecule has 0 aliphatic heterocycles. The number of pyridine rings is 1. The Morgan fingerprint density at radius 2 is 2.29 bits per heavy atom. The Morgan fingerprint density at radius 1 is 1.48 bits per heavy atom. The van der Waals surface area contributed by atoms with Gasteiger partial charge in [-0.2, -0.15) is 5.10 Å². The van der Waals surface area contributed by atoms with Crippen molar-refractivity contribution in [3.8, 4) is 5.82 Å². The van der Waals surface area contributed by atoms with Crippen molar-refractivity contribution in [1.82, 2.24) is 20.1 Å². The van der Waals surface area contributed by atoms with Gasteiger partial charge in [-0.1, -0.05) is 13.3 Å². The number of hydrogen-bond donors (Lipinski definition) is 2. The summed E-state index contributed by atoms with van der Waals surface area (Å²) < 4.78 is 1.68. The van der Waals surface area contributed by atoms with Crippen LogP contribution >= 0.6 is 0 Å². The van der Waals surface area contributed by atoms with Crippen molar-refractivity contribution in [2.75, 3.05) is 0 Å². The van der Waals surface area contributed by atoms with Gasteiger partial charge < -0.3 is 11.1 Å². The number of nitrogens with one attached hydrogen (secondary N) is 1. The molecule has 0 aliphatic rings. The Labute approximate surface area is 124 Å². The van der Waals surface area contributed by atoms with Crippen LogP contribution < -0.4 is 11.1 Å². The molecule has 1 amide bonds. The van der Waals surface area contributed by atoms with Gasteiger partial charge in [0.25, 0.3) is 0 Å². The highest BCUT2D eigenvalue weighted by atomic mass is 16.2. The van der Waals surface area contributed by atoms with Crippen LogP contribution in [-0.2, 0) is 11.3 Å². The first-order valence-corrected chi connectivity index (χ1v) is 7.05. The molecule has 6 nitrogen and oxygen atoms in total. The molecule has 0 fully saturated rings. The predicted octanol–water partition coefficient (Wildman–Crippen LogP) is 1.40. The quantitative estimate of drug-likeness (QED) is 0.841. The topological polar surface area (TPSA) is 85.8 Å². The highest BCUT2D eigenvalue weighted by Crippen LogP contribution is 2.10. The van der Waals surface area contributed by atoms with E-state index in [1.165, 1.54) is 0 Å². The van der Waals surface area contributed by atoms with E-state index in [0.29, 0.717) is 13.0 Å². The van der Waals surface area contributed by atoms with Crippen molar-refractivity contribution in [1.29, 1.82) is 0 Å². The Bertz CT molecular complexity index is 592. The van der Waals surface area contributed by atoms with Crippen molar-refractivity contribution in [3.63, 3.8) is 0 Å². The number of nitrogens with zero attached hydrogens (tertiary/aromatic N) is 3. The fourth-order valence-electron chi connectivity index (χ4n) is 2.12. The third-order valence-electron chi connectivity index (χ3n) is 3.29. The molecule has 0 aliphatic carbocycles. The monoisotopic (exact) mass is 287 g/mol. The van der Waals surface area contributed by atoms with Gasteiger partial charge in [0.15, 0.2) is 5.82 Å². The number of amides is 1. The van der Waals surface area contributed by atoms with Gasteiger partial charge in [-0.05, 0) is 37.1 Å². The normalized spacial score (nSPS) is 13.7. The minimum Gasteiger partial charge on any atom is -0.350 e. The molecule has 0 aromatic carbocycles. The molecular formula is C15H21N5O. The minimum atomic E-state index is -0.827. The number of nitrogens with two attached hydrogens (primary N) is 1. The summed E-state index contributed by atoms with van der Waals surface area (Å²) in [6.45, 7) is 4.19. The molecule has 0 spiro atoms. The van der Waals surface area contributed by atoms with E-state index in [0.717, 1.165) is 17.8 Å². The maximum atomic E-state index is 12.1. The van der Waals surface area contributed by atoms with Crippen LogP contribution in [0, 0.1) is 0 Å². The average Bonchev–Trinajstić information content (AvgIpc) is 2.99. The summed E-state index contributed by atoms with van der Waals surface area (Å²) in [5.74, 6) is 0.581. The van der Waals surface area contributed by atoms with Gasteiger partial charge in [0, 0.05) is 25.1 Å². The largest absolute Gasteiger partial charge is 0.350 e. The molecule has 1 unspecified atom stereocenters. The van der Waals surface area contributed by atoms with Gasteiger partial charge in [0.2, 0.25) is 5.91 Å². The highest BCUT2D eigenvalue weighted by molar-refractivity contribution is 5.85. The zero-order valence-corrected chi connectivity index (χ0v) is 12.4. The van der Waals surface area contributed by atoms with Crippen molar-refractivity contribution in [3.05, 3.63) is 42.4 Å². The third kappa shape index (κ3) is 3.88. The molecule has 0 saturated heterocycles. The second-order valence-corrected chi connectivity index (χ2v) is 5.32. The van der Waals surface area contributed by atoms with Crippen molar-refractivity contribution in [2.24, 2.45) is 5.73 Å². The summed E-state index contributed by atoms with van der Waals surface area (Å²) >= 11 is 0. The number of hydrogen-bond acceptors (Lipinski definition) is 4. The van der Waals surface area contributed by atoms with Crippen LogP contribution in [0.3, 0.4) is 0 Å². The lowest BCUT2D eigenvalue weighted by Crippen LogP contribution is -2.51. The fraction of sp³-hybridized carbons (Fsp3) is 0.400. The van der Waals surface area contributed by atoms with E-state index in [4.69, 9.17) is 5.73 Å². The minimum absolute atomic E-state index is 0.137.